The molecule has 3 heteroatoms. The van der Waals surface area contributed by atoms with Crippen LogP contribution in [0.2, 0.25) is 0 Å². The first-order chi connectivity index (χ1) is 6.31. The zero-order chi connectivity index (χ0) is 9.68. The molecular formula is C10H7NO2. The average molecular weight is 173 g/mol. The van der Waals surface area contributed by atoms with Crippen molar-refractivity contribution >= 4 is 0 Å². The maximum atomic E-state index is 8.65. The number of aliphatic hydroxyl groups is 1. The van der Waals surface area contributed by atoms with Gasteiger partial charge in [-0.05, 0) is 24.1 Å². The molecule has 0 saturated heterocycles. The molecular weight excluding hydrogens is 166 g/mol. The molecule has 0 aliphatic heterocycles. The van der Waals surface area contributed by atoms with Crippen molar-refractivity contribution in [2.75, 3.05) is 7.11 Å². The summed E-state index contributed by atoms with van der Waals surface area (Å²) in [5.41, 5.74) is 1.06. The van der Waals surface area contributed by atoms with E-state index in [2.05, 4.69) is 5.92 Å². The fraction of sp³-hybridized carbons (Fsp3) is 0.100. The van der Waals surface area contributed by atoms with E-state index < -0.39 is 0 Å². The molecule has 0 bridgehead atoms. The number of hydrogen-bond donors (Lipinski definition) is 1. The second kappa shape index (κ2) is 4.04. The molecule has 1 N–H and O–H groups in total. The van der Waals surface area contributed by atoms with Crippen LogP contribution in [-0.2, 0) is 0 Å². The van der Waals surface area contributed by atoms with E-state index >= 15 is 0 Å². The van der Waals surface area contributed by atoms with Gasteiger partial charge in [-0.25, -0.2) is 0 Å². The third kappa shape index (κ3) is 1.91. The molecule has 1 rings (SSSR count). The summed E-state index contributed by atoms with van der Waals surface area (Å²) in [5, 5.41) is 17.0. The minimum Gasteiger partial charge on any atom is -0.495 e. The van der Waals surface area contributed by atoms with Gasteiger partial charge in [0.05, 0.1) is 12.7 Å². The number of nitriles is 1. The molecule has 0 aromatic heterocycles. The quantitative estimate of drug-likeness (QED) is 0.650. The van der Waals surface area contributed by atoms with Crippen molar-refractivity contribution in [1.29, 1.82) is 5.26 Å². The largest absolute Gasteiger partial charge is 0.495 e. The monoisotopic (exact) mass is 173 g/mol. The van der Waals surface area contributed by atoms with Gasteiger partial charge in [0.25, 0.3) is 0 Å². The Hall–Kier alpha value is -2.13. The summed E-state index contributed by atoms with van der Waals surface area (Å²) in [6.07, 6.45) is 1.78. The van der Waals surface area contributed by atoms with Crippen molar-refractivity contribution in [2.24, 2.45) is 0 Å². The molecule has 0 aliphatic carbocycles. The van der Waals surface area contributed by atoms with Crippen LogP contribution >= 0.6 is 0 Å². The van der Waals surface area contributed by atoms with E-state index in [9.17, 15) is 0 Å². The van der Waals surface area contributed by atoms with Crippen molar-refractivity contribution in [2.45, 2.75) is 0 Å². The van der Waals surface area contributed by atoms with Crippen LogP contribution in [0.5, 0.6) is 5.75 Å². The molecule has 1 aromatic carbocycles. The Morgan fingerprint density at radius 2 is 2.23 bits per heavy atom. The zero-order valence-electron chi connectivity index (χ0n) is 7.03. The Balaban J connectivity index is 3.20. The van der Waals surface area contributed by atoms with Crippen molar-refractivity contribution < 1.29 is 9.84 Å². The predicted molar refractivity (Wildman–Crippen MR) is 46.5 cm³/mol. The van der Waals surface area contributed by atoms with E-state index in [1.54, 1.807) is 24.3 Å². The standard InChI is InChI=1S/C10H7NO2/c1-13-10-6-8(4-5-12)2-3-9(10)7-11/h2-3,6,12H,1H3. The number of rotatable bonds is 1. The van der Waals surface area contributed by atoms with Crippen molar-refractivity contribution in [3.8, 4) is 23.8 Å². The number of ether oxygens (including phenoxy) is 1. The number of nitrogens with zero attached hydrogens (tertiary/aromatic N) is 1. The third-order valence-corrected chi connectivity index (χ3v) is 1.52. The van der Waals surface area contributed by atoms with Gasteiger partial charge in [-0.2, -0.15) is 5.26 Å². The van der Waals surface area contributed by atoms with Crippen LogP contribution < -0.4 is 4.74 Å². The lowest BCUT2D eigenvalue weighted by Gasteiger charge is -2.01. The molecule has 0 atom stereocenters. The summed E-state index contributed by atoms with van der Waals surface area (Å²) >= 11 is 0. The second-order valence-corrected chi connectivity index (χ2v) is 2.26. The van der Waals surface area contributed by atoms with Gasteiger partial charge >= 0.3 is 0 Å². The molecule has 0 radical (unpaired) electrons. The first-order valence-corrected chi connectivity index (χ1v) is 3.55. The fourth-order valence-corrected chi connectivity index (χ4v) is 0.926. The van der Waals surface area contributed by atoms with Crippen molar-refractivity contribution in [3.63, 3.8) is 0 Å². The van der Waals surface area contributed by atoms with Gasteiger partial charge in [0.1, 0.15) is 17.9 Å². The highest BCUT2D eigenvalue weighted by Gasteiger charge is 2.01. The molecule has 0 saturated carbocycles. The van der Waals surface area contributed by atoms with Gasteiger partial charge < -0.3 is 9.84 Å². The Labute approximate surface area is 76.2 Å². The second-order valence-electron chi connectivity index (χ2n) is 2.26. The van der Waals surface area contributed by atoms with Gasteiger partial charge in [-0.3, -0.25) is 0 Å². The van der Waals surface area contributed by atoms with Crippen LogP contribution in [0.4, 0.5) is 0 Å². The first kappa shape index (κ1) is 8.96. The summed E-state index contributed by atoms with van der Waals surface area (Å²) in [6.45, 7) is 0. The zero-order valence-corrected chi connectivity index (χ0v) is 7.03. The van der Waals surface area contributed by atoms with Crippen molar-refractivity contribution in [3.05, 3.63) is 29.3 Å². The minimum absolute atomic E-state index is 0.450. The first-order valence-electron chi connectivity index (χ1n) is 3.55. The molecule has 0 amide bonds. The molecule has 0 unspecified atom stereocenters. The third-order valence-electron chi connectivity index (χ3n) is 1.52. The number of benzene rings is 1. The van der Waals surface area contributed by atoms with E-state index in [-0.39, 0.29) is 0 Å². The summed E-state index contributed by atoms with van der Waals surface area (Å²) in [4.78, 5) is 0. The van der Waals surface area contributed by atoms with Gasteiger partial charge in [0, 0.05) is 5.56 Å². The van der Waals surface area contributed by atoms with E-state index in [0.717, 1.165) is 0 Å². The average Bonchev–Trinajstić information content (AvgIpc) is 2.18. The summed E-state index contributed by atoms with van der Waals surface area (Å²) < 4.78 is 4.95. The number of methoxy groups -OCH3 is 1. The van der Waals surface area contributed by atoms with Gasteiger partial charge in [0.2, 0.25) is 0 Å². The maximum absolute atomic E-state index is 8.65. The molecule has 64 valence electrons. The lowest BCUT2D eigenvalue weighted by atomic mass is 10.1. The SMILES string of the molecule is COc1cc(C#CO)ccc1C#N. The van der Waals surface area contributed by atoms with Gasteiger partial charge in [-0.1, -0.05) is 0 Å². The highest BCUT2D eigenvalue weighted by atomic mass is 16.5. The topological polar surface area (TPSA) is 53.2 Å². The summed E-state index contributed by atoms with van der Waals surface area (Å²) in [7, 11) is 1.48. The van der Waals surface area contributed by atoms with E-state index in [4.69, 9.17) is 15.1 Å². The summed E-state index contributed by atoms with van der Waals surface area (Å²) in [5.74, 6) is 2.91. The smallest absolute Gasteiger partial charge is 0.137 e. The molecule has 0 fully saturated rings. The Morgan fingerprint density at radius 3 is 2.77 bits per heavy atom. The molecule has 3 nitrogen and oxygen atoms in total. The van der Waals surface area contributed by atoms with Crippen LogP contribution in [0.25, 0.3) is 0 Å². The van der Waals surface area contributed by atoms with Gasteiger partial charge in [0.15, 0.2) is 0 Å². The highest BCUT2D eigenvalue weighted by Crippen LogP contribution is 2.18. The minimum atomic E-state index is 0.450. The fourth-order valence-electron chi connectivity index (χ4n) is 0.926. The van der Waals surface area contributed by atoms with Crippen LogP contribution in [-0.4, -0.2) is 12.2 Å². The Bertz CT molecular complexity index is 407. The van der Waals surface area contributed by atoms with E-state index in [0.29, 0.717) is 16.9 Å². The van der Waals surface area contributed by atoms with E-state index in [1.165, 1.54) is 7.11 Å². The molecule has 0 heterocycles. The van der Waals surface area contributed by atoms with Crippen molar-refractivity contribution in [1.82, 2.24) is 0 Å². The lowest BCUT2D eigenvalue weighted by molar-refractivity contribution is 0.413. The Morgan fingerprint density at radius 1 is 1.46 bits per heavy atom. The molecule has 13 heavy (non-hydrogen) atoms. The van der Waals surface area contributed by atoms with Crippen LogP contribution in [0, 0.1) is 23.4 Å². The highest BCUT2D eigenvalue weighted by molar-refractivity contribution is 5.49. The van der Waals surface area contributed by atoms with Crippen LogP contribution in [0.15, 0.2) is 18.2 Å². The number of aliphatic hydroxyl groups excluding tert-OH is 1. The van der Waals surface area contributed by atoms with Crippen LogP contribution in [0.1, 0.15) is 11.1 Å². The maximum Gasteiger partial charge on any atom is 0.137 e. The predicted octanol–water partition coefficient (Wildman–Crippen LogP) is 1.25. The van der Waals surface area contributed by atoms with Gasteiger partial charge in [-0.15, -0.1) is 0 Å². The number of hydrogen-bond acceptors (Lipinski definition) is 3. The molecule has 0 aliphatic rings. The normalized spacial score (nSPS) is 8.00. The molecule has 0 spiro atoms. The molecule has 1 aromatic rings. The Kier molecular flexibility index (Phi) is 2.78. The van der Waals surface area contributed by atoms with E-state index in [1.807, 2.05) is 6.07 Å². The summed E-state index contributed by atoms with van der Waals surface area (Å²) in [6, 6.07) is 6.82. The lowest BCUT2D eigenvalue weighted by Crippen LogP contribution is -1.88. The van der Waals surface area contributed by atoms with Crippen LogP contribution in [0.3, 0.4) is 0 Å².